The van der Waals surface area contributed by atoms with Crippen molar-refractivity contribution < 1.29 is 19.1 Å². The first-order valence-electron chi connectivity index (χ1n) is 8.82. The van der Waals surface area contributed by atoms with Gasteiger partial charge in [-0.3, -0.25) is 9.59 Å². The van der Waals surface area contributed by atoms with Crippen LogP contribution in [0.3, 0.4) is 0 Å². The number of benzene rings is 2. The molecule has 2 N–H and O–H groups in total. The van der Waals surface area contributed by atoms with Crippen LogP contribution >= 0.6 is 0 Å². The summed E-state index contributed by atoms with van der Waals surface area (Å²) in [5, 5.41) is 5.56. The number of rotatable bonds is 4. The predicted octanol–water partition coefficient (Wildman–Crippen LogP) is 3.59. The maximum Gasteiger partial charge on any atom is 0.262 e. The summed E-state index contributed by atoms with van der Waals surface area (Å²) in [7, 11) is 0. The molecule has 0 radical (unpaired) electrons. The average molecular weight is 352 g/mol. The lowest BCUT2D eigenvalue weighted by molar-refractivity contribution is -0.118. The van der Waals surface area contributed by atoms with Crippen LogP contribution in [0.2, 0.25) is 0 Å². The van der Waals surface area contributed by atoms with Crippen molar-refractivity contribution >= 4 is 23.2 Å². The van der Waals surface area contributed by atoms with E-state index in [1.807, 2.05) is 24.3 Å². The van der Waals surface area contributed by atoms with E-state index in [1.165, 1.54) is 12.8 Å². The summed E-state index contributed by atoms with van der Waals surface area (Å²) in [6.45, 7) is -0.0411. The molecule has 0 spiro atoms. The Morgan fingerprint density at radius 3 is 2.65 bits per heavy atom. The van der Waals surface area contributed by atoms with E-state index >= 15 is 0 Å². The van der Waals surface area contributed by atoms with Crippen LogP contribution in [0.4, 0.5) is 11.4 Å². The fraction of sp³-hybridized carbons (Fsp3) is 0.300. The second-order valence-electron chi connectivity index (χ2n) is 6.55. The van der Waals surface area contributed by atoms with Crippen LogP contribution in [-0.4, -0.2) is 24.5 Å². The van der Waals surface area contributed by atoms with Crippen molar-refractivity contribution in [2.45, 2.75) is 31.8 Å². The summed E-state index contributed by atoms with van der Waals surface area (Å²) in [4.78, 5) is 23.7. The number of fused-ring (bicyclic) bond motifs is 1. The molecular formula is C20H20N2O4. The largest absolute Gasteiger partial charge is 0.490 e. The van der Waals surface area contributed by atoms with Crippen molar-refractivity contribution in [2.75, 3.05) is 17.2 Å². The highest BCUT2D eigenvalue weighted by atomic mass is 16.5. The van der Waals surface area contributed by atoms with Gasteiger partial charge in [-0.2, -0.15) is 0 Å². The molecule has 2 amide bonds. The zero-order valence-electron chi connectivity index (χ0n) is 14.3. The molecule has 4 rings (SSSR count). The standard InChI is InChI=1S/C20H20N2O4/c23-19-12-25-18-11-13(5-10-17(18)22-19)20(24)21-14-6-8-16(9-7-14)26-15-3-1-2-4-15/h5-11,15H,1-4,12H2,(H,21,24)(H,22,23). The second kappa shape index (κ2) is 7.07. The number of anilines is 2. The van der Waals surface area contributed by atoms with Crippen LogP contribution in [0, 0.1) is 0 Å². The van der Waals surface area contributed by atoms with Crippen LogP contribution in [-0.2, 0) is 4.79 Å². The molecule has 1 aliphatic heterocycles. The highest BCUT2D eigenvalue weighted by Gasteiger charge is 2.18. The Bertz CT molecular complexity index is 826. The third kappa shape index (κ3) is 3.64. The van der Waals surface area contributed by atoms with Crippen molar-refractivity contribution in [1.29, 1.82) is 0 Å². The molecule has 0 saturated heterocycles. The maximum absolute atomic E-state index is 12.4. The van der Waals surface area contributed by atoms with Crippen LogP contribution in [0.1, 0.15) is 36.0 Å². The lowest BCUT2D eigenvalue weighted by Gasteiger charge is -2.18. The lowest BCUT2D eigenvalue weighted by Crippen LogP contribution is -2.25. The Kier molecular flexibility index (Phi) is 4.48. The summed E-state index contributed by atoms with van der Waals surface area (Å²) in [6, 6.07) is 12.4. The van der Waals surface area contributed by atoms with E-state index in [1.54, 1.807) is 18.2 Å². The van der Waals surface area contributed by atoms with E-state index in [2.05, 4.69) is 10.6 Å². The van der Waals surface area contributed by atoms with E-state index in [9.17, 15) is 9.59 Å². The molecule has 1 saturated carbocycles. The first-order chi connectivity index (χ1) is 12.7. The number of amides is 2. The van der Waals surface area contributed by atoms with E-state index < -0.39 is 0 Å². The molecule has 0 atom stereocenters. The van der Waals surface area contributed by atoms with Crippen molar-refractivity contribution in [3.8, 4) is 11.5 Å². The number of carbonyl (C=O) groups excluding carboxylic acids is 2. The molecule has 26 heavy (non-hydrogen) atoms. The number of ether oxygens (including phenoxy) is 2. The zero-order chi connectivity index (χ0) is 17.9. The third-order valence-electron chi connectivity index (χ3n) is 4.59. The van der Waals surface area contributed by atoms with Gasteiger partial charge in [-0.15, -0.1) is 0 Å². The summed E-state index contributed by atoms with van der Waals surface area (Å²) < 4.78 is 11.3. The molecule has 1 fully saturated rings. The van der Waals surface area contributed by atoms with Gasteiger partial charge >= 0.3 is 0 Å². The molecule has 0 unspecified atom stereocenters. The molecule has 1 aliphatic carbocycles. The van der Waals surface area contributed by atoms with Gasteiger partial charge < -0.3 is 20.1 Å². The van der Waals surface area contributed by atoms with Crippen LogP contribution in [0.15, 0.2) is 42.5 Å². The minimum atomic E-state index is -0.238. The first-order valence-corrected chi connectivity index (χ1v) is 8.82. The normalized spacial score (nSPS) is 16.4. The predicted molar refractivity (Wildman–Crippen MR) is 97.8 cm³/mol. The topological polar surface area (TPSA) is 76.7 Å². The minimum Gasteiger partial charge on any atom is -0.490 e. The number of hydrogen-bond donors (Lipinski definition) is 2. The quantitative estimate of drug-likeness (QED) is 0.882. The van der Waals surface area contributed by atoms with Crippen molar-refractivity contribution in [1.82, 2.24) is 0 Å². The molecule has 0 bridgehead atoms. The van der Waals surface area contributed by atoms with Gasteiger partial charge in [0.2, 0.25) is 0 Å². The summed E-state index contributed by atoms with van der Waals surface area (Å²) in [6.07, 6.45) is 4.99. The lowest BCUT2D eigenvalue weighted by atomic mass is 10.1. The second-order valence-corrected chi connectivity index (χ2v) is 6.55. The van der Waals surface area contributed by atoms with Crippen molar-refractivity contribution in [2.24, 2.45) is 0 Å². The zero-order valence-corrected chi connectivity index (χ0v) is 14.3. The number of hydrogen-bond acceptors (Lipinski definition) is 4. The summed E-state index contributed by atoms with van der Waals surface area (Å²) >= 11 is 0. The number of carbonyl (C=O) groups is 2. The van der Waals surface area contributed by atoms with Gasteiger partial charge in [-0.1, -0.05) is 0 Å². The van der Waals surface area contributed by atoms with E-state index in [0.717, 1.165) is 18.6 Å². The summed E-state index contributed by atoms with van der Waals surface area (Å²) in [5.41, 5.74) is 1.73. The third-order valence-corrected chi connectivity index (χ3v) is 4.59. The van der Waals surface area contributed by atoms with Gasteiger partial charge in [0.1, 0.15) is 11.5 Å². The minimum absolute atomic E-state index is 0.0411. The van der Waals surface area contributed by atoms with E-state index in [0.29, 0.717) is 28.8 Å². The van der Waals surface area contributed by atoms with Crippen LogP contribution < -0.4 is 20.1 Å². The molecule has 0 aromatic heterocycles. The Balaban J connectivity index is 1.40. The maximum atomic E-state index is 12.4. The van der Waals surface area contributed by atoms with Gasteiger partial charge in [-0.05, 0) is 68.1 Å². The first kappa shape index (κ1) is 16.4. The van der Waals surface area contributed by atoms with E-state index in [-0.39, 0.29) is 18.4 Å². The Morgan fingerprint density at radius 1 is 1.12 bits per heavy atom. The molecule has 2 aromatic carbocycles. The molecule has 1 heterocycles. The van der Waals surface area contributed by atoms with Gasteiger partial charge in [-0.25, -0.2) is 0 Å². The number of nitrogens with one attached hydrogen (secondary N) is 2. The van der Waals surface area contributed by atoms with Gasteiger partial charge in [0.25, 0.3) is 11.8 Å². The fourth-order valence-electron chi connectivity index (χ4n) is 3.23. The molecule has 2 aromatic rings. The fourth-order valence-corrected chi connectivity index (χ4v) is 3.23. The van der Waals surface area contributed by atoms with Crippen molar-refractivity contribution in [3.05, 3.63) is 48.0 Å². The molecule has 6 heteroatoms. The smallest absolute Gasteiger partial charge is 0.262 e. The Labute approximate surface area is 151 Å². The molecule has 134 valence electrons. The van der Waals surface area contributed by atoms with E-state index in [4.69, 9.17) is 9.47 Å². The van der Waals surface area contributed by atoms with Gasteiger partial charge in [0.15, 0.2) is 6.61 Å². The Hall–Kier alpha value is -3.02. The molecule has 6 nitrogen and oxygen atoms in total. The van der Waals surface area contributed by atoms with Gasteiger partial charge in [0, 0.05) is 11.3 Å². The van der Waals surface area contributed by atoms with Crippen molar-refractivity contribution in [3.63, 3.8) is 0 Å². The highest BCUT2D eigenvalue weighted by Crippen LogP contribution is 2.29. The van der Waals surface area contributed by atoms with Crippen LogP contribution in [0.25, 0.3) is 0 Å². The monoisotopic (exact) mass is 352 g/mol. The average Bonchev–Trinajstić information content (AvgIpc) is 3.16. The Morgan fingerprint density at radius 2 is 1.88 bits per heavy atom. The highest BCUT2D eigenvalue weighted by molar-refractivity contribution is 6.05. The molecule has 2 aliphatic rings. The molecular weight excluding hydrogens is 332 g/mol. The van der Waals surface area contributed by atoms with Crippen LogP contribution in [0.5, 0.6) is 11.5 Å². The van der Waals surface area contributed by atoms with Gasteiger partial charge in [0.05, 0.1) is 11.8 Å². The SMILES string of the molecule is O=C1COc2cc(C(=O)Nc3ccc(OC4CCCC4)cc3)ccc2N1. The summed E-state index contributed by atoms with van der Waals surface area (Å²) in [5.74, 6) is 0.887.